The third kappa shape index (κ3) is 8.20. The van der Waals surface area contributed by atoms with Crippen LogP contribution in [0.3, 0.4) is 0 Å². The predicted molar refractivity (Wildman–Crippen MR) is 182 cm³/mol. The summed E-state index contributed by atoms with van der Waals surface area (Å²) in [7, 11) is -3.99. The van der Waals surface area contributed by atoms with Crippen LogP contribution in [-0.4, -0.2) is 44.3 Å². The van der Waals surface area contributed by atoms with Gasteiger partial charge in [-0.2, -0.15) is 0 Å². The van der Waals surface area contributed by atoms with Crippen molar-refractivity contribution in [2.45, 2.75) is 69.5 Å². The molecule has 1 fully saturated rings. The molecule has 3 atom stereocenters. The minimum atomic E-state index is -3.99. The zero-order chi connectivity index (χ0) is 32.9. The largest absolute Gasteiger partial charge is 0.344 e. The number of rotatable bonds is 11. The Labute approximate surface area is 272 Å². The summed E-state index contributed by atoms with van der Waals surface area (Å²) < 4.78 is 30.0. The molecule has 1 heterocycles. The van der Waals surface area contributed by atoms with Crippen LogP contribution in [0.1, 0.15) is 68.8 Å². The number of nitrogens with two attached hydrogens (primary N) is 1. The van der Waals surface area contributed by atoms with Gasteiger partial charge in [0.2, 0.25) is 21.8 Å². The Bertz CT molecular complexity index is 1760. The number of fused-ring (bicyclic) bond motifs is 1. The first kappa shape index (κ1) is 33.3. The lowest BCUT2D eigenvalue weighted by atomic mass is 9.83. The number of benzene rings is 4. The Balaban J connectivity index is 1.36. The lowest BCUT2D eigenvalue weighted by Gasteiger charge is -2.28. The maximum absolute atomic E-state index is 13.7. The Morgan fingerprint density at radius 3 is 2.11 bits per heavy atom. The Morgan fingerprint density at radius 2 is 1.46 bits per heavy atom. The molecule has 1 saturated heterocycles. The van der Waals surface area contributed by atoms with E-state index in [4.69, 9.17) is 5.73 Å². The van der Waals surface area contributed by atoms with Gasteiger partial charge in [-0.05, 0) is 57.9 Å². The second-order valence-corrected chi connectivity index (χ2v) is 15.0. The lowest BCUT2D eigenvalue weighted by molar-refractivity contribution is -0.135. The van der Waals surface area contributed by atoms with Gasteiger partial charge in [0.05, 0.1) is 10.9 Å². The molecule has 0 aromatic heterocycles. The van der Waals surface area contributed by atoms with Crippen LogP contribution in [0, 0.1) is 5.41 Å². The van der Waals surface area contributed by atoms with E-state index in [1.54, 1.807) is 47.4 Å². The monoisotopic (exact) mass is 640 g/mol. The molecule has 3 unspecified atom stereocenters. The third-order valence-electron chi connectivity index (χ3n) is 8.68. The summed E-state index contributed by atoms with van der Waals surface area (Å²) in [5.41, 5.74) is 8.91. The van der Waals surface area contributed by atoms with Crippen molar-refractivity contribution in [1.29, 1.82) is 0 Å². The second-order valence-electron chi connectivity index (χ2n) is 13.2. The molecular formula is C37H44N4O4S. The number of carbonyl (C=O) groups excluding carboxylic acids is 2. The van der Waals surface area contributed by atoms with Gasteiger partial charge in [-0.25, -0.2) is 13.1 Å². The number of carbonyl (C=O) groups is 2. The van der Waals surface area contributed by atoms with Crippen molar-refractivity contribution in [3.8, 4) is 0 Å². The average Bonchev–Trinajstić information content (AvgIpc) is 3.59. The molecule has 2 amide bonds. The summed E-state index contributed by atoms with van der Waals surface area (Å²) in [4.78, 5) is 29.2. The van der Waals surface area contributed by atoms with E-state index in [0.717, 1.165) is 34.7 Å². The van der Waals surface area contributed by atoms with Crippen LogP contribution < -0.4 is 15.8 Å². The van der Waals surface area contributed by atoms with Crippen LogP contribution in [0.2, 0.25) is 0 Å². The fourth-order valence-corrected chi connectivity index (χ4v) is 7.16. The zero-order valence-corrected chi connectivity index (χ0v) is 27.6. The molecule has 0 aliphatic carbocycles. The van der Waals surface area contributed by atoms with Gasteiger partial charge in [0, 0.05) is 32.0 Å². The molecule has 0 bridgehead atoms. The summed E-state index contributed by atoms with van der Waals surface area (Å²) in [6.07, 6.45) is 1.99. The van der Waals surface area contributed by atoms with E-state index in [-0.39, 0.29) is 28.7 Å². The number of likely N-dealkylation sites (tertiary alicyclic amines) is 1. The van der Waals surface area contributed by atoms with Crippen molar-refractivity contribution in [2.75, 3.05) is 13.1 Å². The first-order valence-electron chi connectivity index (χ1n) is 15.9. The minimum absolute atomic E-state index is 0.102. The van der Waals surface area contributed by atoms with Crippen LogP contribution in [0.25, 0.3) is 10.8 Å². The van der Waals surface area contributed by atoms with E-state index < -0.39 is 28.0 Å². The van der Waals surface area contributed by atoms with E-state index in [0.29, 0.717) is 25.1 Å². The number of hydrogen-bond donors (Lipinski definition) is 3. The molecule has 4 N–H and O–H groups in total. The molecule has 0 saturated carbocycles. The number of amides is 2. The van der Waals surface area contributed by atoms with Gasteiger partial charge in [-0.3, -0.25) is 9.59 Å². The molecule has 4 aromatic rings. The third-order valence-corrected chi connectivity index (χ3v) is 10.2. The van der Waals surface area contributed by atoms with Gasteiger partial charge >= 0.3 is 0 Å². The van der Waals surface area contributed by atoms with Crippen molar-refractivity contribution in [2.24, 2.45) is 11.1 Å². The fraction of sp³-hybridized carbons (Fsp3) is 0.351. The van der Waals surface area contributed by atoms with Crippen LogP contribution in [0.5, 0.6) is 0 Å². The van der Waals surface area contributed by atoms with Crippen LogP contribution in [-0.2, 0) is 26.0 Å². The van der Waals surface area contributed by atoms with Crippen molar-refractivity contribution in [1.82, 2.24) is 14.9 Å². The van der Waals surface area contributed by atoms with E-state index in [1.165, 1.54) is 0 Å². The first-order chi connectivity index (χ1) is 21.9. The number of sulfonamides is 1. The highest BCUT2D eigenvalue weighted by Crippen LogP contribution is 2.30. The Kier molecular flexibility index (Phi) is 10.3. The van der Waals surface area contributed by atoms with Crippen LogP contribution >= 0.6 is 0 Å². The summed E-state index contributed by atoms with van der Waals surface area (Å²) in [5.74, 6) is -0.548. The lowest BCUT2D eigenvalue weighted by Crippen LogP contribution is -2.49. The minimum Gasteiger partial charge on any atom is -0.344 e. The second kappa shape index (κ2) is 14.2. The highest BCUT2D eigenvalue weighted by Gasteiger charge is 2.30. The first-order valence-corrected chi connectivity index (χ1v) is 17.4. The topological polar surface area (TPSA) is 122 Å². The molecule has 8 nitrogen and oxygen atoms in total. The molecule has 1 aliphatic rings. The molecule has 0 radical (unpaired) electrons. The maximum atomic E-state index is 13.7. The summed E-state index contributed by atoms with van der Waals surface area (Å²) in [6, 6.07) is 27.6. The summed E-state index contributed by atoms with van der Waals surface area (Å²) in [6.45, 7) is 7.59. The summed E-state index contributed by atoms with van der Waals surface area (Å²) >= 11 is 0. The van der Waals surface area contributed by atoms with E-state index in [2.05, 4.69) is 30.8 Å². The van der Waals surface area contributed by atoms with Crippen molar-refractivity contribution >= 4 is 32.6 Å². The molecule has 9 heteroatoms. The van der Waals surface area contributed by atoms with Crippen molar-refractivity contribution in [3.05, 3.63) is 114 Å². The van der Waals surface area contributed by atoms with Crippen LogP contribution in [0.15, 0.2) is 102 Å². The quantitative estimate of drug-likeness (QED) is 0.196. The van der Waals surface area contributed by atoms with Crippen molar-refractivity contribution in [3.63, 3.8) is 0 Å². The van der Waals surface area contributed by atoms with E-state index in [9.17, 15) is 18.0 Å². The molecule has 46 heavy (non-hydrogen) atoms. The van der Waals surface area contributed by atoms with Gasteiger partial charge in [-0.15, -0.1) is 0 Å². The van der Waals surface area contributed by atoms with Gasteiger partial charge in [0.1, 0.15) is 6.04 Å². The van der Waals surface area contributed by atoms with E-state index in [1.807, 2.05) is 54.6 Å². The molecule has 1 aliphatic heterocycles. The van der Waals surface area contributed by atoms with Gasteiger partial charge in [0.25, 0.3) is 0 Å². The fourth-order valence-electron chi connectivity index (χ4n) is 5.90. The Hall–Kier alpha value is -4.05. The van der Waals surface area contributed by atoms with Gasteiger partial charge < -0.3 is 16.0 Å². The molecule has 4 aromatic carbocycles. The van der Waals surface area contributed by atoms with E-state index >= 15 is 0 Å². The molecular weight excluding hydrogens is 596 g/mol. The predicted octanol–water partition coefficient (Wildman–Crippen LogP) is 5.65. The van der Waals surface area contributed by atoms with Crippen molar-refractivity contribution < 1.29 is 18.0 Å². The molecule has 5 rings (SSSR count). The zero-order valence-electron chi connectivity index (χ0n) is 26.8. The molecule has 242 valence electrons. The number of hydrogen-bond acceptors (Lipinski definition) is 5. The Morgan fingerprint density at radius 1 is 0.826 bits per heavy atom. The van der Waals surface area contributed by atoms with Crippen LogP contribution in [0.4, 0.5) is 0 Å². The SMILES string of the molecule is CC(C)(C)C(N)c1ccc(CC(NC(=O)CC(NS(=O)(=O)c2ccc3ccccc3c2)c2ccccc2)C(=O)N2CCCC2)cc1. The van der Waals surface area contributed by atoms with Gasteiger partial charge in [0.15, 0.2) is 0 Å². The maximum Gasteiger partial charge on any atom is 0.245 e. The summed E-state index contributed by atoms with van der Waals surface area (Å²) in [5, 5.41) is 4.70. The standard InChI is InChI=1S/C37H44N4O4S/c1-37(2,3)35(38)29-17-15-26(16-18-29)23-33(36(43)41-21-9-10-22-41)39-34(42)25-32(28-12-5-4-6-13-28)40-46(44,45)31-20-19-27-11-7-8-14-30(27)24-31/h4-8,11-20,24,32-33,35,40H,9-10,21-23,25,38H2,1-3H3,(H,39,42). The van der Waals surface area contributed by atoms with Gasteiger partial charge in [-0.1, -0.05) is 106 Å². The number of nitrogens with one attached hydrogen (secondary N) is 2. The normalized spacial score (nSPS) is 15.8. The highest BCUT2D eigenvalue weighted by molar-refractivity contribution is 7.89. The number of nitrogens with zero attached hydrogens (tertiary/aromatic N) is 1. The average molecular weight is 641 g/mol. The smallest absolute Gasteiger partial charge is 0.245 e. The highest BCUT2D eigenvalue weighted by atomic mass is 32.2. The molecule has 0 spiro atoms.